The van der Waals surface area contributed by atoms with Crippen molar-refractivity contribution in [3.05, 3.63) is 24.3 Å². The molecule has 0 aromatic heterocycles. The zero-order valence-electron chi connectivity index (χ0n) is 16.4. The van der Waals surface area contributed by atoms with Crippen LogP contribution in [0.15, 0.2) is 24.3 Å². The average Bonchev–Trinajstić information content (AvgIpc) is 2.53. The first-order valence-corrected chi connectivity index (χ1v) is 8.41. The van der Waals surface area contributed by atoms with Crippen LogP contribution >= 0.6 is 0 Å². The van der Waals surface area contributed by atoms with Crippen LogP contribution in [-0.2, 0) is 38.1 Å². The molecular formula is C19H28O8. The molecule has 0 aliphatic heterocycles. The molecule has 0 spiro atoms. The zero-order valence-corrected chi connectivity index (χ0v) is 16.4. The van der Waals surface area contributed by atoms with E-state index in [1.165, 1.54) is 13.8 Å². The standard InChI is InChI=1S/C19H28O8/c1-13(2)17(22)26-9-7-24-15(20)11-19(5,6)12-16(21)25-8-10-27-18(23)14(3)4/h1,3,7-12H2,2,4-6H3. The number of esters is 4. The van der Waals surface area contributed by atoms with Crippen molar-refractivity contribution in [1.82, 2.24) is 0 Å². The predicted octanol–water partition coefficient (Wildman–Crippen LogP) is 2.12. The molecule has 0 saturated heterocycles. The summed E-state index contributed by atoms with van der Waals surface area (Å²) < 4.78 is 19.6. The van der Waals surface area contributed by atoms with Crippen molar-refractivity contribution in [2.24, 2.45) is 5.41 Å². The third-order valence-electron chi connectivity index (χ3n) is 3.10. The number of carbonyl (C=O) groups is 4. The van der Waals surface area contributed by atoms with Crippen molar-refractivity contribution in [3.8, 4) is 0 Å². The molecule has 0 saturated carbocycles. The highest BCUT2D eigenvalue weighted by Gasteiger charge is 2.27. The zero-order chi connectivity index (χ0) is 21.0. The van der Waals surface area contributed by atoms with Gasteiger partial charge in [-0.05, 0) is 19.3 Å². The summed E-state index contributed by atoms with van der Waals surface area (Å²) in [4.78, 5) is 46.0. The lowest BCUT2D eigenvalue weighted by Gasteiger charge is -2.22. The van der Waals surface area contributed by atoms with Gasteiger partial charge in [-0.2, -0.15) is 0 Å². The molecule has 0 unspecified atom stereocenters. The van der Waals surface area contributed by atoms with E-state index in [1.54, 1.807) is 13.8 Å². The van der Waals surface area contributed by atoms with Gasteiger partial charge in [-0.15, -0.1) is 0 Å². The number of hydrogen-bond acceptors (Lipinski definition) is 8. The van der Waals surface area contributed by atoms with Gasteiger partial charge in [0, 0.05) is 11.1 Å². The summed E-state index contributed by atoms with van der Waals surface area (Å²) in [5.41, 5.74) is -0.164. The van der Waals surface area contributed by atoms with Crippen LogP contribution in [0.5, 0.6) is 0 Å². The third kappa shape index (κ3) is 12.4. The molecule has 0 N–H and O–H groups in total. The van der Waals surface area contributed by atoms with E-state index < -0.39 is 29.3 Å². The van der Waals surface area contributed by atoms with Crippen molar-refractivity contribution in [3.63, 3.8) is 0 Å². The fourth-order valence-corrected chi connectivity index (χ4v) is 1.77. The molecule has 8 nitrogen and oxygen atoms in total. The van der Waals surface area contributed by atoms with Crippen LogP contribution in [0.4, 0.5) is 0 Å². The summed E-state index contributed by atoms with van der Waals surface area (Å²) in [6, 6.07) is 0. The maximum Gasteiger partial charge on any atom is 0.333 e. The maximum absolute atomic E-state index is 11.8. The molecule has 0 radical (unpaired) electrons. The summed E-state index contributed by atoms with van der Waals surface area (Å²) >= 11 is 0. The summed E-state index contributed by atoms with van der Waals surface area (Å²) in [5, 5.41) is 0. The van der Waals surface area contributed by atoms with Crippen molar-refractivity contribution in [2.45, 2.75) is 40.5 Å². The van der Waals surface area contributed by atoms with Gasteiger partial charge in [0.25, 0.3) is 0 Å². The Labute approximate surface area is 159 Å². The van der Waals surface area contributed by atoms with Crippen LogP contribution in [-0.4, -0.2) is 50.3 Å². The summed E-state index contributed by atoms with van der Waals surface area (Å²) in [7, 11) is 0. The normalized spacial score (nSPS) is 10.5. The van der Waals surface area contributed by atoms with E-state index in [9.17, 15) is 19.2 Å². The van der Waals surface area contributed by atoms with Gasteiger partial charge >= 0.3 is 23.9 Å². The smallest absolute Gasteiger partial charge is 0.333 e. The van der Waals surface area contributed by atoms with Gasteiger partial charge in [0.2, 0.25) is 0 Å². The molecule has 0 amide bonds. The van der Waals surface area contributed by atoms with E-state index in [1.807, 2.05) is 0 Å². The van der Waals surface area contributed by atoms with Gasteiger partial charge in [0.05, 0.1) is 12.8 Å². The van der Waals surface area contributed by atoms with E-state index in [4.69, 9.17) is 18.9 Å². The van der Waals surface area contributed by atoms with Crippen LogP contribution < -0.4 is 0 Å². The molecule has 8 heteroatoms. The summed E-state index contributed by atoms with van der Waals surface area (Å²) in [6.07, 6.45) is -0.0254. The predicted molar refractivity (Wildman–Crippen MR) is 96.5 cm³/mol. The highest BCUT2D eigenvalue weighted by Crippen LogP contribution is 2.26. The molecule has 0 aliphatic rings. The van der Waals surface area contributed by atoms with Crippen molar-refractivity contribution in [1.29, 1.82) is 0 Å². The fourth-order valence-electron chi connectivity index (χ4n) is 1.77. The monoisotopic (exact) mass is 384 g/mol. The average molecular weight is 384 g/mol. The summed E-state index contributed by atoms with van der Waals surface area (Å²) in [6.45, 7) is 13.0. The van der Waals surface area contributed by atoms with E-state index >= 15 is 0 Å². The van der Waals surface area contributed by atoms with Gasteiger partial charge in [-0.25, -0.2) is 9.59 Å². The van der Waals surface area contributed by atoms with Crippen LogP contribution in [0.25, 0.3) is 0 Å². The van der Waals surface area contributed by atoms with Crippen molar-refractivity contribution < 1.29 is 38.1 Å². The second kappa shape index (κ2) is 11.9. The second-order valence-corrected chi connectivity index (χ2v) is 6.79. The quantitative estimate of drug-likeness (QED) is 0.218. The van der Waals surface area contributed by atoms with Gasteiger partial charge in [-0.3, -0.25) is 9.59 Å². The first-order valence-electron chi connectivity index (χ1n) is 8.41. The van der Waals surface area contributed by atoms with E-state index in [0.29, 0.717) is 0 Å². The number of rotatable bonds is 12. The SMILES string of the molecule is C=C(C)C(=O)OCCOC(=O)CC(C)(C)CC(=O)OCCOC(=O)C(=C)C. The Morgan fingerprint density at radius 3 is 1.26 bits per heavy atom. The minimum Gasteiger partial charge on any atom is -0.462 e. The van der Waals surface area contributed by atoms with Crippen LogP contribution in [0.1, 0.15) is 40.5 Å². The van der Waals surface area contributed by atoms with Crippen LogP contribution in [0.2, 0.25) is 0 Å². The molecule has 0 atom stereocenters. The van der Waals surface area contributed by atoms with Gasteiger partial charge in [0.1, 0.15) is 26.4 Å². The molecule has 0 aliphatic carbocycles. The molecule has 0 rings (SSSR count). The van der Waals surface area contributed by atoms with E-state index in [0.717, 1.165) is 0 Å². The minimum atomic E-state index is -0.684. The second-order valence-electron chi connectivity index (χ2n) is 6.79. The molecular weight excluding hydrogens is 356 g/mol. The van der Waals surface area contributed by atoms with Gasteiger partial charge < -0.3 is 18.9 Å². The minimum absolute atomic E-state index is 0.0127. The first kappa shape index (κ1) is 24.4. The lowest BCUT2D eigenvalue weighted by atomic mass is 9.86. The molecule has 0 aromatic rings. The topological polar surface area (TPSA) is 105 Å². The Bertz CT molecular complexity index is 539. The Hall–Kier alpha value is -2.64. The van der Waals surface area contributed by atoms with Crippen LogP contribution in [0, 0.1) is 5.41 Å². The molecule has 0 aromatic carbocycles. The molecule has 152 valence electrons. The van der Waals surface area contributed by atoms with Crippen LogP contribution in [0.3, 0.4) is 0 Å². The number of hydrogen-bond donors (Lipinski definition) is 0. The molecule has 0 bridgehead atoms. The van der Waals surface area contributed by atoms with Gasteiger partial charge in [-0.1, -0.05) is 27.0 Å². The van der Waals surface area contributed by atoms with E-state index in [2.05, 4.69) is 13.2 Å². The highest BCUT2D eigenvalue weighted by atomic mass is 16.6. The summed E-state index contributed by atoms with van der Waals surface area (Å²) in [5.74, 6) is -2.14. The van der Waals surface area contributed by atoms with E-state index in [-0.39, 0.29) is 50.4 Å². The highest BCUT2D eigenvalue weighted by molar-refractivity contribution is 5.87. The lowest BCUT2D eigenvalue weighted by molar-refractivity contribution is -0.155. The number of carbonyl (C=O) groups excluding carboxylic acids is 4. The Kier molecular flexibility index (Phi) is 10.7. The fraction of sp³-hybridized carbons (Fsp3) is 0.579. The molecule has 27 heavy (non-hydrogen) atoms. The number of ether oxygens (including phenoxy) is 4. The largest absolute Gasteiger partial charge is 0.462 e. The molecule has 0 fully saturated rings. The third-order valence-corrected chi connectivity index (χ3v) is 3.10. The van der Waals surface area contributed by atoms with Crippen molar-refractivity contribution >= 4 is 23.9 Å². The Morgan fingerprint density at radius 1 is 0.667 bits per heavy atom. The van der Waals surface area contributed by atoms with Crippen molar-refractivity contribution in [2.75, 3.05) is 26.4 Å². The Morgan fingerprint density at radius 2 is 0.963 bits per heavy atom. The van der Waals surface area contributed by atoms with Gasteiger partial charge in [0.15, 0.2) is 0 Å². The Balaban J connectivity index is 4.05. The molecule has 0 heterocycles. The lowest BCUT2D eigenvalue weighted by Crippen LogP contribution is -2.25. The first-order chi connectivity index (χ1) is 12.4. The maximum atomic E-state index is 11.8.